The Morgan fingerprint density at radius 3 is 2.36 bits per heavy atom. The molecule has 0 saturated heterocycles. The fraction of sp³-hybridized carbons (Fsp3) is 0.405. The van der Waals surface area contributed by atoms with Crippen LogP contribution in [0.5, 0.6) is 0 Å². The number of hydrogen-bond acceptors (Lipinski definition) is 8. The molecule has 2 aromatic carbocycles. The maximum Gasteiger partial charge on any atom is 0.254 e. The van der Waals surface area contributed by atoms with Crippen molar-refractivity contribution in [1.29, 1.82) is 0 Å². The number of aliphatic hydroxyl groups excluding tert-OH is 1. The highest BCUT2D eigenvalue weighted by Gasteiger charge is 2.24. The molecule has 2 atom stereocenters. The molecular formula is C37H48N6O3S. The molecule has 0 unspecified atom stereocenters. The number of nitrogens with one attached hydrogen (secondary N) is 2. The Labute approximate surface area is 283 Å². The summed E-state index contributed by atoms with van der Waals surface area (Å²) in [5.74, 6) is -0.167. The van der Waals surface area contributed by atoms with Crippen molar-refractivity contribution in [1.82, 2.24) is 25.5 Å². The van der Waals surface area contributed by atoms with E-state index in [0.717, 1.165) is 46.2 Å². The van der Waals surface area contributed by atoms with Gasteiger partial charge in [0.05, 0.1) is 18.7 Å². The number of aliphatic hydroxyl groups is 1. The van der Waals surface area contributed by atoms with E-state index >= 15 is 0 Å². The Hall–Kier alpha value is -4.12. The Bertz CT molecular complexity index is 1600. The zero-order valence-electron chi connectivity index (χ0n) is 28.4. The molecule has 2 heterocycles. The van der Waals surface area contributed by atoms with Crippen molar-refractivity contribution in [3.05, 3.63) is 111 Å². The Morgan fingerprint density at radius 2 is 1.70 bits per heavy atom. The zero-order chi connectivity index (χ0) is 33.9. The molecule has 0 fully saturated rings. The molecule has 0 saturated carbocycles. The van der Waals surface area contributed by atoms with Crippen molar-refractivity contribution in [2.24, 2.45) is 0 Å². The molecule has 250 valence electrons. The third-order valence-corrected chi connectivity index (χ3v) is 9.14. The number of carbonyl (C=O) groups excluding carboxylic acids is 2. The number of amides is 2. The summed E-state index contributed by atoms with van der Waals surface area (Å²) in [7, 11) is 1.75. The van der Waals surface area contributed by atoms with Gasteiger partial charge in [-0.2, -0.15) is 0 Å². The third kappa shape index (κ3) is 10.2. The van der Waals surface area contributed by atoms with Crippen LogP contribution in [-0.2, 0) is 19.5 Å². The summed E-state index contributed by atoms with van der Waals surface area (Å²) in [6, 6.07) is 16.7. The molecule has 0 bridgehead atoms. The summed E-state index contributed by atoms with van der Waals surface area (Å²) >= 11 is 1.52. The molecule has 0 aliphatic heterocycles. The lowest BCUT2D eigenvalue weighted by Crippen LogP contribution is -2.48. The normalized spacial score (nSPS) is 12.5. The first-order chi connectivity index (χ1) is 22.6. The minimum Gasteiger partial charge on any atom is -0.390 e. The van der Waals surface area contributed by atoms with Gasteiger partial charge in [-0.05, 0) is 68.0 Å². The monoisotopic (exact) mass is 656 g/mol. The minimum absolute atomic E-state index is 0.193. The summed E-state index contributed by atoms with van der Waals surface area (Å²) in [5.41, 5.74) is 5.70. The van der Waals surface area contributed by atoms with E-state index in [-0.39, 0.29) is 18.4 Å². The van der Waals surface area contributed by atoms with E-state index in [0.29, 0.717) is 36.6 Å². The van der Waals surface area contributed by atoms with Crippen LogP contribution in [0.25, 0.3) is 0 Å². The predicted molar refractivity (Wildman–Crippen MR) is 190 cm³/mol. The number of benzene rings is 2. The van der Waals surface area contributed by atoms with Gasteiger partial charge in [0.15, 0.2) is 0 Å². The molecule has 9 nitrogen and oxygen atoms in total. The van der Waals surface area contributed by atoms with Crippen molar-refractivity contribution in [3.8, 4) is 0 Å². The van der Waals surface area contributed by atoms with Crippen LogP contribution >= 0.6 is 11.3 Å². The summed E-state index contributed by atoms with van der Waals surface area (Å²) in [6.07, 6.45) is 3.27. The van der Waals surface area contributed by atoms with Gasteiger partial charge in [0, 0.05) is 73.5 Å². The van der Waals surface area contributed by atoms with Crippen LogP contribution in [0.4, 0.5) is 5.69 Å². The van der Waals surface area contributed by atoms with Crippen LogP contribution in [0, 0.1) is 6.92 Å². The van der Waals surface area contributed by atoms with E-state index in [1.165, 1.54) is 11.3 Å². The highest BCUT2D eigenvalue weighted by molar-refractivity contribution is 7.09. The highest BCUT2D eigenvalue weighted by Crippen LogP contribution is 2.22. The molecule has 0 aliphatic rings. The smallest absolute Gasteiger partial charge is 0.254 e. The average molecular weight is 657 g/mol. The molecule has 4 rings (SSSR count). The minimum atomic E-state index is -0.875. The van der Waals surface area contributed by atoms with E-state index in [1.54, 1.807) is 18.0 Å². The maximum absolute atomic E-state index is 13.9. The van der Waals surface area contributed by atoms with Crippen LogP contribution in [0.15, 0.2) is 72.4 Å². The third-order valence-electron chi connectivity index (χ3n) is 8.19. The van der Waals surface area contributed by atoms with Gasteiger partial charge in [0.1, 0.15) is 5.01 Å². The van der Waals surface area contributed by atoms with Gasteiger partial charge in [0.2, 0.25) is 0 Å². The number of aromatic nitrogens is 2. The van der Waals surface area contributed by atoms with Gasteiger partial charge in [-0.3, -0.25) is 14.6 Å². The standard InChI is InChI=1S/C37H48N6O3S/c1-7-43(8-2)32-17-29(16-30(18-32)37(46)42(6)23-35-40-26(5)24-47-35)36(45)41-33(15-27-12-10-9-11-13-27)34(44)22-39-20-28-14-31(25(3)4)21-38-19-28/h9-14,16-19,21,24-25,33-34,39,44H,7-8,15,20,22-23H2,1-6H3,(H,41,45)/t33-,34+/m0/s1. The topological polar surface area (TPSA) is 111 Å². The fourth-order valence-corrected chi connectivity index (χ4v) is 6.26. The zero-order valence-corrected chi connectivity index (χ0v) is 29.2. The lowest BCUT2D eigenvalue weighted by molar-refractivity contribution is 0.0784. The average Bonchev–Trinajstić information content (AvgIpc) is 3.48. The first kappa shape index (κ1) is 35.7. The van der Waals surface area contributed by atoms with Crippen molar-refractivity contribution in [3.63, 3.8) is 0 Å². The van der Waals surface area contributed by atoms with E-state index < -0.39 is 12.1 Å². The van der Waals surface area contributed by atoms with Gasteiger partial charge >= 0.3 is 0 Å². The summed E-state index contributed by atoms with van der Waals surface area (Å²) in [6.45, 7) is 12.9. The number of thiazole rings is 1. The lowest BCUT2D eigenvalue weighted by atomic mass is 9.99. The van der Waals surface area contributed by atoms with Gasteiger partial charge in [-0.15, -0.1) is 11.3 Å². The maximum atomic E-state index is 13.9. The highest BCUT2D eigenvalue weighted by atomic mass is 32.1. The first-order valence-electron chi connectivity index (χ1n) is 16.3. The predicted octanol–water partition coefficient (Wildman–Crippen LogP) is 5.58. The summed E-state index contributed by atoms with van der Waals surface area (Å²) in [4.78, 5) is 40.2. The second-order valence-corrected chi connectivity index (χ2v) is 13.2. The largest absolute Gasteiger partial charge is 0.390 e. The van der Waals surface area contributed by atoms with E-state index in [1.807, 2.05) is 81.0 Å². The van der Waals surface area contributed by atoms with E-state index in [2.05, 4.69) is 45.4 Å². The van der Waals surface area contributed by atoms with Crippen LogP contribution in [0.1, 0.15) is 81.7 Å². The summed E-state index contributed by atoms with van der Waals surface area (Å²) in [5, 5.41) is 20.7. The number of aryl methyl sites for hydroxylation is 1. The van der Waals surface area contributed by atoms with Crippen LogP contribution in [0.3, 0.4) is 0 Å². The molecular weight excluding hydrogens is 609 g/mol. The molecule has 47 heavy (non-hydrogen) atoms. The molecule has 0 aliphatic carbocycles. The Kier molecular flexibility index (Phi) is 13.0. The summed E-state index contributed by atoms with van der Waals surface area (Å²) < 4.78 is 0. The molecule has 4 aromatic rings. The van der Waals surface area contributed by atoms with Crippen LogP contribution in [0.2, 0.25) is 0 Å². The van der Waals surface area contributed by atoms with Gasteiger partial charge in [-0.25, -0.2) is 4.98 Å². The van der Waals surface area contributed by atoms with Crippen LogP contribution in [-0.4, -0.2) is 70.6 Å². The SMILES string of the molecule is CCN(CC)c1cc(C(=O)N[C@@H](Cc2ccccc2)[C@H](O)CNCc2cncc(C(C)C)c2)cc(C(=O)N(C)Cc2nc(C)cs2)c1. The number of nitrogens with zero attached hydrogens (tertiary/aromatic N) is 4. The second kappa shape index (κ2) is 17.2. The number of anilines is 1. The van der Waals surface area contributed by atoms with E-state index in [4.69, 9.17) is 0 Å². The van der Waals surface area contributed by atoms with Gasteiger partial charge in [0.25, 0.3) is 11.8 Å². The number of rotatable bonds is 16. The van der Waals surface area contributed by atoms with Crippen molar-refractivity contribution in [2.45, 2.75) is 72.2 Å². The van der Waals surface area contributed by atoms with E-state index in [9.17, 15) is 14.7 Å². The first-order valence-corrected chi connectivity index (χ1v) is 17.2. The lowest BCUT2D eigenvalue weighted by Gasteiger charge is -2.26. The molecule has 3 N–H and O–H groups in total. The molecule has 2 aromatic heterocycles. The number of carbonyl (C=O) groups is 2. The number of pyridine rings is 1. The van der Waals surface area contributed by atoms with Crippen molar-refractivity contribution < 1.29 is 14.7 Å². The van der Waals surface area contributed by atoms with Crippen molar-refractivity contribution >= 4 is 28.8 Å². The second-order valence-electron chi connectivity index (χ2n) is 12.2. The van der Waals surface area contributed by atoms with Crippen molar-refractivity contribution in [2.75, 3.05) is 31.6 Å². The molecule has 0 spiro atoms. The van der Waals surface area contributed by atoms with Gasteiger partial charge in [-0.1, -0.05) is 50.2 Å². The molecule has 0 radical (unpaired) electrons. The number of hydrogen-bond donors (Lipinski definition) is 3. The fourth-order valence-electron chi connectivity index (χ4n) is 5.44. The Morgan fingerprint density at radius 1 is 0.979 bits per heavy atom. The molecule has 10 heteroatoms. The Balaban J connectivity index is 1.55. The molecule has 2 amide bonds. The van der Waals surface area contributed by atoms with Crippen LogP contribution < -0.4 is 15.5 Å². The van der Waals surface area contributed by atoms with Gasteiger partial charge < -0.3 is 25.5 Å². The quantitative estimate of drug-likeness (QED) is 0.144.